The van der Waals surface area contributed by atoms with Crippen molar-refractivity contribution in [2.24, 2.45) is 0 Å². The Bertz CT molecular complexity index is 1390. The number of rotatable bonds is 0. The largest absolute Gasteiger partial charge is 0.456 e. The molecule has 0 N–H and O–H groups in total. The molecule has 0 radical (unpaired) electrons. The average molecular weight is 377 g/mol. The molecule has 2 heterocycles. The van der Waals surface area contributed by atoms with Gasteiger partial charge in [-0.05, 0) is 71.4 Å². The minimum absolute atomic E-state index is 0.700. The second-order valence-corrected chi connectivity index (χ2v) is 7.40. The first-order chi connectivity index (χ1) is 12.7. The van der Waals surface area contributed by atoms with Gasteiger partial charge in [-0.25, -0.2) is 0 Å². The van der Waals surface area contributed by atoms with E-state index in [0.717, 1.165) is 54.6 Å². The van der Waals surface area contributed by atoms with Gasteiger partial charge in [-0.3, -0.25) is 0 Å². The highest BCUT2D eigenvalue weighted by atomic mass is 35.5. The van der Waals surface area contributed by atoms with E-state index in [0.29, 0.717) is 10.0 Å². The summed E-state index contributed by atoms with van der Waals surface area (Å²) in [5.41, 5.74) is 3.35. The van der Waals surface area contributed by atoms with Crippen LogP contribution in [-0.2, 0) is 0 Å². The third kappa shape index (κ3) is 1.94. The Morgan fingerprint density at radius 1 is 0.462 bits per heavy atom. The molecule has 0 atom stereocenters. The molecular formula is C22H10Cl2O2. The minimum Gasteiger partial charge on any atom is -0.456 e. The van der Waals surface area contributed by atoms with Gasteiger partial charge in [0.2, 0.25) is 0 Å². The molecule has 4 heteroatoms. The average Bonchev–Trinajstić information content (AvgIpc) is 3.15. The van der Waals surface area contributed by atoms with Gasteiger partial charge in [0.05, 0.1) is 0 Å². The van der Waals surface area contributed by atoms with Crippen LogP contribution in [0.1, 0.15) is 0 Å². The summed E-state index contributed by atoms with van der Waals surface area (Å²) in [6, 6.07) is 19.8. The van der Waals surface area contributed by atoms with Crippen molar-refractivity contribution >= 4 is 77.9 Å². The molecule has 26 heavy (non-hydrogen) atoms. The van der Waals surface area contributed by atoms with Crippen LogP contribution in [0.25, 0.3) is 54.6 Å². The van der Waals surface area contributed by atoms with Crippen LogP contribution in [0.4, 0.5) is 0 Å². The van der Waals surface area contributed by atoms with Crippen LogP contribution < -0.4 is 0 Å². The van der Waals surface area contributed by atoms with E-state index in [4.69, 9.17) is 32.0 Å². The molecule has 0 spiro atoms. The predicted octanol–water partition coefficient (Wildman–Crippen LogP) is 7.95. The predicted molar refractivity (Wildman–Crippen MR) is 109 cm³/mol. The maximum absolute atomic E-state index is 6.17. The van der Waals surface area contributed by atoms with Crippen molar-refractivity contribution in [2.75, 3.05) is 0 Å². The van der Waals surface area contributed by atoms with Crippen LogP contribution in [0, 0.1) is 0 Å². The third-order valence-electron chi connectivity index (χ3n) is 4.94. The summed E-state index contributed by atoms with van der Waals surface area (Å²) in [5.74, 6) is 0. The molecule has 0 aliphatic carbocycles. The van der Waals surface area contributed by atoms with Gasteiger partial charge in [-0.2, -0.15) is 0 Å². The van der Waals surface area contributed by atoms with Crippen LogP contribution in [0.5, 0.6) is 0 Å². The van der Waals surface area contributed by atoms with Crippen molar-refractivity contribution in [3.8, 4) is 0 Å². The van der Waals surface area contributed by atoms with E-state index in [1.54, 1.807) is 0 Å². The fraction of sp³-hybridized carbons (Fsp3) is 0. The lowest BCUT2D eigenvalue weighted by Gasteiger charge is -1.99. The van der Waals surface area contributed by atoms with E-state index >= 15 is 0 Å². The molecule has 0 saturated carbocycles. The lowest BCUT2D eigenvalue weighted by molar-refractivity contribution is 0.668. The van der Waals surface area contributed by atoms with Crippen molar-refractivity contribution in [3.63, 3.8) is 0 Å². The first kappa shape index (κ1) is 14.5. The first-order valence-electron chi connectivity index (χ1n) is 8.23. The zero-order chi connectivity index (χ0) is 17.4. The standard InChI is InChI=1S/C22H10Cl2O2/c23-13-1-3-19-17(9-13)15-5-11-6-16-18-10-14(24)2-4-20(18)26-22(16)8-12(11)7-21(15)25-19/h1-10H. The fourth-order valence-corrected chi connectivity index (χ4v) is 4.08. The number of halogens is 2. The van der Waals surface area contributed by atoms with Crippen molar-refractivity contribution in [2.45, 2.75) is 0 Å². The van der Waals surface area contributed by atoms with E-state index in [1.165, 1.54) is 0 Å². The fourth-order valence-electron chi connectivity index (χ4n) is 3.74. The highest BCUT2D eigenvalue weighted by Gasteiger charge is 2.12. The molecule has 0 unspecified atom stereocenters. The number of benzene rings is 4. The molecule has 0 bridgehead atoms. The minimum atomic E-state index is 0.700. The van der Waals surface area contributed by atoms with Crippen LogP contribution in [0.2, 0.25) is 10.0 Å². The summed E-state index contributed by atoms with van der Waals surface area (Å²) in [5, 5.41) is 7.75. The van der Waals surface area contributed by atoms with Gasteiger partial charge in [-0.15, -0.1) is 0 Å². The molecule has 4 aromatic carbocycles. The number of fused-ring (bicyclic) bond motifs is 7. The van der Waals surface area contributed by atoms with Crippen LogP contribution in [0.15, 0.2) is 69.5 Å². The van der Waals surface area contributed by atoms with Crippen molar-refractivity contribution in [1.29, 1.82) is 0 Å². The molecular weight excluding hydrogens is 367 g/mol. The second-order valence-electron chi connectivity index (χ2n) is 6.53. The zero-order valence-corrected chi connectivity index (χ0v) is 14.9. The summed E-state index contributed by atoms with van der Waals surface area (Å²) >= 11 is 12.3. The smallest absolute Gasteiger partial charge is 0.136 e. The zero-order valence-electron chi connectivity index (χ0n) is 13.3. The second kappa shape index (κ2) is 4.94. The van der Waals surface area contributed by atoms with Crippen LogP contribution in [-0.4, -0.2) is 0 Å². The van der Waals surface area contributed by atoms with Crippen LogP contribution >= 0.6 is 23.2 Å². The summed E-state index contributed by atoms with van der Waals surface area (Å²) < 4.78 is 12.0. The summed E-state index contributed by atoms with van der Waals surface area (Å²) in [6.07, 6.45) is 0. The molecule has 0 fully saturated rings. The van der Waals surface area contributed by atoms with E-state index in [2.05, 4.69) is 24.3 Å². The van der Waals surface area contributed by atoms with Gasteiger partial charge in [0.1, 0.15) is 22.3 Å². The van der Waals surface area contributed by atoms with E-state index in [-0.39, 0.29) is 0 Å². The molecule has 0 aliphatic heterocycles. The van der Waals surface area contributed by atoms with E-state index in [1.807, 2.05) is 36.4 Å². The van der Waals surface area contributed by atoms with E-state index < -0.39 is 0 Å². The van der Waals surface area contributed by atoms with Gasteiger partial charge < -0.3 is 8.83 Å². The topological polar surface area (TPSA) is 26.3 Å². The highest BCUT2D eigenvalue weighted by molar-refractivity contribution is 6.32. The van der Waals surface area contributed by atoms with Gasteiger partial charge >= 0.3 is 0 Å². The number of furan rings is 2. The maximum Gasteiger partial charge on any atom is 0.136 e. The van der Waals surface area contributed by atoms with Gasteiger partial charge in [-0.1, -0.05) is 23.2 Å². The molecule has 2 aromatic heterocycles. The van der Waals surface area contributed by atoms with Gasteiger partial charge in [0.15, 0.2) is 0 Å². The molecule has 6 aromatic rings. The van der Waals surface area contributed by atoms with Crippen LogP contribution in [0.3, 0.4) is 0 Å². The van der Waals surface area contributed by atoms with Crippen molar-refractivity contribution in [1.82, 2.24) is 0 Å². The Hall–Kier alpha value is -2.68. The Balaban J connectivity index is 1.77. The highest BCUT2D eigenvalue weighted by Crippen LogP contribution is 2.37. The Morgan fingerprint density at radius 2 is 0.885 bits per heavy atom. The maximum atomic E-state index is 6.17. The van der Waals surface area contributed by atoms with E-state index in [9.17, 15) is 0 Å². The Labute approximate surface area is 157 Å². The molecule has 0 saturated heterocycles. The normalized spacial score (nSPS) is 12.2. The lowest BCUT2D eigenvalue weighted by Crippen LogP contribution is -1.75. The summed E-state index contributed by atoms with van der Waals surface area (Å²) in [7, 11) is 0. The molecule has 124 valence electrons. The summed E-state index contributed by atoms with van der Waals surface area (Å²) in [6.45, 7) is 0. The third-order valence-corrected chi connectivity index (χ3v) is 5.41. The Kier molecular flexibility index (Phi) is 2.75. The quantitative estimate of drug-likeness (QED) is 0.268. The Morgan fingerprint density at radius 3 is 1.38 bits per heavy atom. The lowest BCUT2D eigenvalue weighted by atomic mass is 10.0. The monoisotopic (exact) mass is 376 g/mol. The molecule has 6 rings (SSSR count). The molecule has 2 nitrogen and oxygen atoms in total. The molecule has 0 amide bonds. The number of hydrogen-bond acceptors (Lipinski definition) is 2. The summed E-state index contributed by atoms with van der Waals surface area (Å²) in [4.78, 5) is 0. The van der Waals surface area contributed by atoms with Crippen molar-refractivity contribution in [3.05, 3.63) is 70.7 Å². The number of hydrogen-bond donors (Lipinski definition) is 0. The first-order valence-corrected chi connectivity index (χ1v) is 8.99. The van der Waals surface area contributed by atoms with Gasteiger partial charge in [0.25, 0.3) is 0 Å². The molecule has 0 aliphatic rings. The SMILES string of the molecule is Clc1ccc2oc3cc4cc5oc6ccc(Cl)cc6c5cc4cc3c2c1. The van der Waals surface area contributed by atoms with Crippen molar-refractivity contribution < 1.29 is 8.83 Å². The van der Waals surface area contributed by atoms with Gasteiger partial charge in [0, 0.05) is 31.6 Å².